The lowest BCUT2D eigenvalue weighted by atomic mass is 10.2. The Morgan fingerprint density at radius 2 is 1.74 bits per heavy atom. The maximum atomic E-state index is 10.9. The van der Waals surface area contributed by atoms with E-state index in [2.05, 4.69) is 18.6 Å². The van der Waals surface area contributed by atoms with Crippen LogP contribution in [-0.4, -0.2) is 53.5 Å². The van der Waals surface area contributed by atoms with Crippen molar-refractivity contribution in [1.82, 2.24) is 4.57 Å². The summed E-state index contributed by atoms with van der Waals surface area (Å²) in [6.07, 6.45) is 7.25. The number of hydrogen-bond donors (Lipinski definition) is 3. The van der Waals surface area contributed by atoms with Crippen LogP contribution in [0.2, 0.25) is 0 Å². The van der Waals surface area contributed by atoms with E-state index >= 15 is 0 Å². The first-order valence-corrected chi connectivity index (χ1v) is 8.73. The normalized spacial score (nSPS) is 19.9. The third kappa shape index (κ3) is 13.0. The number of hydrogen-bond acceptors (Lipinski definition) is 6. The largest absolute Gasteiger partial charge is 0.481 e. The summed E-state index contributed by atoms with van der Waals surface area (Å²) in [5, 5.41) is 8.10. The van der Waals surface area contributed by atoms with Gasteiger partial charge in [-0.1, -0.05) is 14.4 Å². The molecule has 8 heteroatoms. The van der Waals surface area contributed by atoms with Crippen LogP contribution in [0, 0.1) is 5.92 Å². The Kier molecular flexibility index (Phi) is 15.4. The van der Waals surface area contributed by atoms with Gasteiger partial charge in [-0.15, -0.1) is 0 Å². The summed E-state index contributed by atoms with van der Waals surface area (Å²) in [6.45, 7) is 6.50. The summed E-state index contributed by atoms with van der Waals surface area (Å²) >= 11 is 0. The third-order valence-corrected chi connectivity index (χ3v) is 3.80. The summed E-state index contributed by atoms with van der Waals surface area (Å²) in [5.41, 5.74) is 10.5. The molecule has 4 atom stereocenters. The smallest absolute Gasteiger partial charge is 0.324 e. The van der Waals surface area contributed by atoms with E-state index in [4.69, 9.17) is 21.3 Å². The lowest BCUT2D eigenvalue weighted by Gasteiger charge is -2.09. The number of carboxylic acid groups (broad SMARTS) is 1. The van der Waals surface area contributed by atoms with Crippen molar-refractivity contribution in [3.8, 4) is 0 Å². The second-order valence-corrected chi connectivity index (χ2v) is 6.32. The van der Waals surface area contributed by atoms with Crippen molar-refractivity contribution < 1.29 is 24.2 Å². The minimum absolute atomic E-state index is 0. The van der Waals surface area contributed by atoms with Crippen molar-refractivity contribution in [2.24, 2.45) is 17.4 Å². The minimum atomic E-state index is -0.831. The number of nitrogens with two attached hydrogens (primary N) is 2. The molecule has 2 rings (SSSR count). The van der Waals surface area contributed by atoms with E-state index in [1.807, 2.05) is 29.1 Å². The summed E-state index contributed by atoms with van der Waals surface area (Å²) in [7, 11) is 1.33. The quantitative estimate of drug-likeness (QED) is 0.657. The minimum Gasteiger partial charge on any atom is -0.481 e. The summed E-state index contributed by atoms with van der Waals surface area (Å²) in [6, 6.07) is 3.18. The molecule has 2 unspecified atom stereocenters. The highest BCUT2D eigenvalue weighted by atomic mass is 16.5. The van der Waals surface area contributed by atoms with E-state index < -0.39 is 17.9 Å². The molecule has 8 nitrogen and oxygen atoms in total. The average molecular weight is 388 g/mol. The molecule has 0 spiro atoms. The van der Waals surface area contributed by atoms with Crippen molar-refractivity contribution in [2.75, 3.05) is 13.7 Å². The van der Waals surface area contributed by atoms with Gasteiger partial charge in [0.05, 0.1) is 25.2 Å². The van der Waals surface area contributed by atoms with E-state index in [-0.39, 0.29) is 19.9 Å². The van der Waals surface area contributed by atoms with Crippen molar-refractivity contribution in [3.05, 3.63) is 24.5 Å². The van der Waals surface area contributed by atoms with E-state index in [9.17, 15) is 9.59 Å². The molecule has 1 aromatic rings. The SMILES string of the molecule is C.CC1CCC(C)O1.COC(=O)[C@@H](N)Cn1cccc1.C[C@@H](CN)C(=O)O. The van der Waals surface area contributed by atoms with Crippen molar-refractivity contribution >= 4 is 11.9 Å². The number of carboxylic acids is 1. The van der Waals surface area contributed by atoms with Gasteiger partial charge >= 0.3 is 11.9 Å². The average Bonchev–Trinajstić information content (AvgIpc) is 3.25. The molecule has 0 saturated carbocycles. The predicted molar refractivity (Wildman–Crippen MR) is 106 cm³/mol. The van der Waals surface area contributed by atoms with Crippen LogP contribution in [0.5, 0.6) is 0 Å². The molecular formula is C19H37N3O5. The number of aliphatic carboxylic acids is 1. The molecule has 0 radical (unpaired) electrons. The van der Waals surface area contributed by atoms with Gasteiger partial charge in [0.15, 0.2) is 0 Å². The Morgan fingerprint density at radius 1 is 1.26 bits per heavy atom. The topological polar surface area (TPSA) is 130 Å². The molecular weight excluding hydrogens is 350 g/mol. The molecule has 27 heavy (non-hydrogen) atoms. The van der Waals surface area contributed by atoms with Crippen LogP contribution in [0.3, 0.4) is 0 Å². The first-order valence-electron chi connectivity index (χ1n) is 8.73. The Balaban J connectivity index is 0. The zero-order valence-corrected chi connectivity index (χ0v) is 16.1. The fourth-order valence-electron chi connectivity index (χ4n) is 2.05. The highest BCUT2D eigenvalue weighted by Gasteiger charge is 2.16. The number of aromatic nitrogens is 1. The molecule has 0 aromatic carbocycles. The van der Waals surface area contributed by atoms with Crippen LogP contribution in [0.25, 0.3) is 0 Å². The zero-order valence-electron chi connectivity index (χ0n) is 16.1. The van der Waals surface area contributed by atoms with E-state index in [1.54, 1.807) is 6.92 Å². The van der Waals surface area contributed by atoms with Gasteiger partial charge in [0.25, 0.3) is 0 Å². The molecule has 1 saturated heterocycles. The third-order valence-electron chi connectivity index (χ3n) is 3.80. The molecule has 158 valence electrons. The monoisotopic (exact) mass is 387 g/mol. The van der Waals surface area contributed by atoms with Gasteiger partial charge in [0, 0.05) is 25.5 Å². The molecule has 0 bridgehead atoms. The van der Waals surface area contributed by atoms with Gasteiger partial charge in [0.2, 0.25) is 0 Å². The van der Waals surface area contributed by atoms with Crippen molar-refractivity contribution in [3.63, 3.8) is 0 Å². The van der Waals surface area contributed by atoms with Gasteiger partial charge in [-0.3, -0.25) is 9.59 Å². The number of carbonyl (C=O) groups is 2. The molecule has 1 fully saturated rings. The lowest BCUT2D eigenvalue weighted by Crippen LogP contribution is -2.35. The Bertz CT molecular complexity index is 499. The highest BCUT2D eigenvalue weighted by Crippen LogP contribution is 2.17. The molecule has 2 heterocycles. The van der Waals surface area contributed by atoms with Crippen LogP contribution in [0.4, 0.5) is 0 Å². The van der Waals surface area contributed by atoms with E-state index in [0.29, 0.717) is 18.8 Å². The number of rotatable bonds is 5. The van der Waals surface area contributed by atoms with Crippen LogP contribution >= 0.6 is 0 Å². The first kappa shape index (κ1) is 27.3. The number of methoxy groups -OCH3 is 1. The van der Waals surface area contributed by atoms with E-state index in [1.165, 1.54) is 20.0 Å². The standard InChI is InChI=1S/C8H12N2O2.C6H12O.C4H9NO2.CH4/c1-12-8(11)7(9)6-10-4-2-3-5-10;1-5-3-4-6(2)7-5;1-3(2-5)4(6)7;/h2-5,7H,6,9H2,1H3;5-6H,3-4H2,1-2H3;3H,2,5H2,1H3,(H,6,7);1H4/t7-;;3-;/m0.0./s1. The van der Waals surface area contributed by atoms with Gasteiger partial charge in [0.1, 0.15) is 6.04 Å². The maximum absolute atomic E-state index is 10.9. The maximum Gasteiger partial charge on any atom is 0.324 e. The fourth-order valence-corrected chi connectivity index (χ4v) is 2.05. The zero-order chi connectivity index (χ0) is 20.1. The summed E-state index contributed by atoms with van der Waals surface area (Å²) < 4.78 is 11.7. The lowest BCUT2D eigenvalue weighted by molar-refractivity contribution is -0.142. The van der Waals surface area contributed by atoms with Crippen molar-refractivity contribution in [1.29, 1.82) is 0 Å². The molecule has 1 aliphatic heterocycles. The fraction of sp³-hybridized carbons (Fsp3) is 0.684. The summed E-state index contributed by atoms with van der Waals surface area (Å²) in [4.78, 5) is 20.7. The number of esters is 1. The van der Waals surface area contributed by atoms with E-state index in [0.717, 1.165) is 0 Å². The molecule has 1 aliphatic rings. The van der Waals surface area contributed by atoms with Crippen LogP contribution in [0.15, 0.2) is 24.5 Å². The molecule has 5 N–H and O–H groups in total. The number of carbonyl (C=O) groups excluding carboxylic acids is 1. The van der Waals surface area contributed by atoms with Crippen LogP contribution < -0.4 is 11.5 Å². The van der Waals surface area contributed by atoms with Gasteiger partial charge in [-0.25, -0.2) is 0 Å². The Hall–Kier alpha value is -1.90. The molecule has 0 amide bonds. The molecule has 0 aliphatic carbocycles. The first-order chi connectivity index (χ1) is 12.2. The highest BCUT2D eigenvalue weighted by molar-refractivity contribution is 5.75. The molecule has 1 aromatic heterocycles. The van der Waals surface area contributed by atoms with Gasteiger partial charge < -0.3 is 30.6 Å². The van der Waals surface area contributed by atoms with Crippen molar-refractivity contribution in [2.45, 2.75) is 65.8 Å². The second kappa shape index (κ2) is 15.2. The van der Waals surface area contributed by atoms with Crippen LogP contribution in [0.1, 0.15) is 41.0 Å². The van der Waals surface area contributed by atoms with Gasteiger partial charge in [-0.05, 0) is 38.8 Å². The number of nitrogens with zero attached hydrogens (tertiary/aromatic N) is 1. The second-order valence-electron chi connectivity index (χ2n) is 6.32. The Morgan fingerprint density at radius 3 is 2.00 bits per heavy atom. The Labute approximate surface area is 162 Å². The predicted octanol–water partition coefficient (Wildman–Crippen LogP) is 1.86. The van der Waals surface area contributed by atoms with Crippen LogP contribution in [-0.2, 0) is 25.6 Å². The summed E-state index contributed by atoms with van der Waals surface area (Å²) in [5.74, 6) is -1.62. The van der Waals surface area contributed by atoms with Gasteiger partial charge in [-0.2, -0.15) is 0 Å². The number of ether oxygens (including phenoxy) is 2.